The summed E-state index contributed by atoms with van der Waals surface area (Å²) >= 11 is 0. The van der Waals surface area contributed by atoms with Gasteiger partial charge in [0, 0.05) is 43.4 Å². The lowest BCUT2D eigenvalue weighted by Crippen LogP contribution is -2.42. The highest BCUT2D eigenvalue weighted by atomic mass is 16.2. The summed E-state index contributed by atoms with van der Waals surface area (Å²) in [6.07, 6.45) is 6.23. The zero-order chi connectivity index (χ0) is 15.8. The molecule has 4 rings (SSSR count). The van der Waals surface area contributed by atoms with Crippen LogP contribution in [0.5, 0.6) is 0 Å². The van der Waals surface area contributed by atoms with Crippen molar-refractivity contribution >= 4 is 17.4 Å². The van der Waals surface area contributed by atoms with Gasteiger partial charge < -0.3 is 10.2 Å². The van der Waals surface area contributed by atoms with Crippen LogP contribution < -0.4 is 5.32 Å². The highest BCUT2D eigenvalue weighted by Crippen LogP contribution is 2.32. The van der Waals surface area contributed by atoms with E-state index in [-0.39, 0.29) is 0 Å². The number of carbonyl (C=O) groups excluding carboxylic acids is 1. The van der Waals surface area contributed by atoms with Crippen molar-refractivity contribution in [1.29, 1.82) is 0 Å². The lowest BCUT2D eigenvalue weighted by Gasteiger charge is -2.33. The lowest BCUT2D eigenvalue weighted by molar-refractivity contribution is -0.134. The van der Waals surface area contributed by atoms with Crippen LogP contribution in [0.15, 0.2) is 18.3 Å². The number of anilines is 1. The van der Waals surface area contributed by atoms with E-state index < -0.39 is 0 Å². The van der Waals surface area contributed by atoms with Gasteiger partial charge in [0.2, 0.25) is 5.91 Å². The molecule has 2 aromatic rings. The maximum atomic E-state index is 12.2. The van der Waals surface area contributed by atoms with Gasteiger partial charge in [0.15, 0.2) is 5.65 Å². The molecular weight excluding hydrogens is 290 g/mol. The number of amides is 1. The van der Waals surface area contributed by atoms with Crippen molar-refractivity contribution in [1.82, 2.24) is 19.5 Å². The second-order valence-corrected chi connectivity index (χ2v) is 6.83. The maximum absolute atomic E-state index is 12.2. The molecule has 1 saturated heterocycles. The first-order valence-electron chi connectivity index (χ1n) is 8.55. The lowest BCUT2D eigenvalue weighted by atomic mass is 9.97. The van der Waals surface area contributed by atoms with Crippen molar-refractivity contribution in [2.24, 2.45) is 11.8 Å². The second kappa shape index (κ2) is 5.83. The molecule has 0 aromatic carbocycles. The molecule has 1 amide bonds. The number of piperidine rings is 1. The van der Waals surface area contributed by atoms with Crippen molar-refractivity contribution in [3.63, 3.8) is 0 Å². The topological polar surface area (TPSA) is 62.5 Å². The average molecular weight is 313 g/mol. The Morgan fingerprint density at radius 2 is 2.26 bits per heavy atom. The van der Waals surface area contributed by atoms with E-state index in [0.717, 1.165) is 56.1 Å². The Hall–Kier alpha value is -2.11. The molecule has 1 saturated carbocycles. The molecule has 122 valence electrons. The minimum absolute atomic E-state index is 0.327. The Morgan fingerprint density at radius 3 is 3.09 bits per heavy atom. The number of hydrogen-bond donors (Lipinski definition) is 1. The van der Waals surface area contributed by atoms with Crippen LogP contribution in [0.1, 0.15) is 31.4 Å². The summed E-state index contributed by atoms with van der Waals surface area (Å²) in [5.74, 6) is 2.19. The van der Waals surface area contributed by atoms with E-state index in [1.165, 1.54) is 6.42 Å². The van der Waals surface area contributed by atoms with Gasteiger partial charge in [0.05, 0.1) is 6.20 Å². The standard InChI is InChI=1S/C17H23N5O/c1-12-9-16(22-15(20-12)6-7-19-22)18-10-13-3-2-8-21(11-13)17(23)14-4-5-14/h6-7,9,13-14,18H,2-5,8,10-11H2,1H3/t13-/m1/s1. The second-order valence-electron chi connectivity index (χ2n) is 6.83. The molecular formula is C17H23N5O. The molecule has 2 aliphatic rings. The van der Waals surface area contributed by atoms with Crippen LogP contribution in [0, 0.1) is 18.8 Å². The average Bonchev–Trinajstić information content (AvgIpc) is 3.30. The predicted molar refractivity (Wildman–Crippen MR) is 88.2 cm³/mol. The molecule has 1 aliphatic heterocycles. The number of hydrogen-bond acceptors (Lipinski definition) is 4. The Bertz CT molecular complexity index is 721. The zero-order valence-electron chi connectivity index (χ0n) is 13.5. The molecule has 1 N–H and O–H groups in total. The number of carbonyl (C=O) groups is 1. The van der Waals surface area contributed by atoms with Crippen molar-refractivity contribution in [2.45, 2.75) is 32.6 Å². The van der Waals surface area contributed by atoms with Gasteiger partial charge in [-0.3, -0.25) is 4.79 Å². The first-order valence-corrected chi connectivity index (χ1v) is 8.55. The molecule has 3 heterocycles. The van der Waals surface area contributed by atoms with Gasteiger partial charge in [-0.25, -0.2) is 4.98 Å². The van der Waals surface area contributed by atoms with Gasteiger partial charge in [-0.2, -0.15) is 9.61 Å². The van der Waals surface area contributed by atoms with Crippen LogP contribution >= 0.6 is 0 Å². The number of aryl methyl sites for hydroxylation is 1. The minimum Gasteiger partial charge on any atom is -0.370 e. The third-order valence-electron chi connectivity index (χ3n) is 4.82. The van der Waals surface area contributed by atoms with E-state index in [1.807, 2.05) is 23.6 Å². The summed E-state index contributed by atoms with van der Waals surface area (Å²) in [7, 11) is 0. The fourth-order valence-electron chi connectivity index (χ4n) is 3.43. The van der Waals surface area contributed by atoms with Crippen molar-refractivity contribution in [3.8, 4) is 0 Å². The van der Waals surface area contributed by atoms with Crippen molar-refractivity contribution < 1.29 is 4.79 Å². The summed E-state index contributed by atoms with van der Waals surface area (Å²) in [5, 5.41) is 7.84. The predicted octanol–water partition coefficient (Wildman–Crippen LogP) is 2.10. The van der Waals surface area contributed by atoms with Crippen molar-refractivity contribution in [2.75, 3.05) is 25.0 Å². The van der Waals surface area contributed by atoms with Crippen LogP contribution in [-0.2, 0) is 4.79 Å². The number of nitrogens with zero attached hydrogens (tertiary/aromatic N) is 4. The third kappa shape index (κ3) is 3.02. The SMILES string of the molecule is Cc1cc(NC[C@H]2CCCN(C(=O)C3CC3)C2)n2nccc2n1. The maximum Gasteiger partial charge on any atom is 0.225 e. The van der Waals surface area contributed by atoms with Crippen LogP contribution in [0.25, 0.3) is 5.65 Å². The van der Waals surface area contributed by atoms with E-state index in [2.05, 4.69) is 20.3 Å². The van der Waals surface area contributed by atoms with Crippen LogP contribution in [0.4, 0.5) is 5.82 Å². The van der Waals surface area contributed by atoms with E-state index in [4.69, 9.17) is 0 Å². The number of aromatic nitrogens is 3. The monoisotopic (exact) mass is 313 g/mol. The minimum atomic E-state index is 0.327. The van der Waals surface area contributed by atoms with Gasteiger partial charge in [0.25, 0.3) is 0 Å². The van der Waals surface area contributed by atoms with Crippen LogP contribution in [0.3, 0.4) is 0 Å². The van der Waals surface area contributed by atoms with Crippen molar-refractivity contribution in [3.05, 3.63) is 24.0 Å². The summed E-state index contributed by atoms with van der Waals surface area (Å²) < 4.78 is 1.84. The quantitative estimate of drug-likeness (QED) is 0.939. The van der Waals surface area contributed by atoms with Gasteiger partial charge >= 0.3 is 0 Å². The van der Waals surface area contributed by atoms with Gasteiger partial charge in [0.1, 0.15) is 5.82 Å². The Kier molecular flexibility index (Phi) is 3.67. The molecule has 1 aliphatic carbocycles. The normalized spacial score (nSPS) is 21.6. The molecule has 2 fully saturated rings. The molecule has 6 heteroatoms. The van der Waals surface area contributed by atoms with Gasteiger partial charge in [-0.15, -0.1) is 0 Å². The molecule has 23 heavy (non-hydrogen) atoms. The highest BCUT2D eigenvalue weighted by molar-refractivity contribution is 5.81. The summed E-state index contributed by atoms with van der Waals surface area (Å²) in [6, 6.07) is 3.94. The molecule has 0 unspecified atom stereocenters. The van der Waals surface area contributed by atoms with E-state index in [0.29, 0.717) is 17.7 Å². The van der Waals surface area contributed by atoms with Gasteiger partial charge in [-0.05, 0) is 38.5 Å². The van der Waals surface area contributed by atoms with Gasteiger partial charge in [-0.1, -0.05) is 0 Å². The fourth-order valence-corrected chi connectivity index (χ4v) is 3.43. The Balaban J connectivity index is 1.41. The fraction of sp³-hybridized carbons (Fsp3) is 0.588. The smallest absolute Gasteiger partial charge is 0.225 e. The summed E-state index contributed by atoms with van der Waals surface area (Å²) in [6.45, 7) is 4.68. The largest absolute Gasteiger partial charge is 0.370 e. The third-order valence-corrected chi connectivity index (χ3v) is 4.82. The number of rotatable bonds is 4. The molecule has 6 nitrogen and oxygen atoms in total. The Morgan fingerprint density at radius 1 is 1.39 bits per heavy atom. The van der Waals surface area contributed by atoms with E-state index >= 15 is 0 Å². The molecule has 0 bridgehead atoms. The molecule has 2 aromatic heterocycles. The molecule has 0 spiro atoms. The first kappa shape index (κ1) is 14.5. The van der Waals surface area contributed by atoms with Crippen LogP contribution in [0.2, 0.25) is 0 Å². The van der Waals surface area contributed by atoms with E-state index in [1.54, 1.807) is 6.20 Å². The highest BCUT2D eigenvalue weighted by Gasteiger charge is 2.35. The van der Waals surface area contributed by atoms with Crippen LogP contribution in [-0.4, -0.2) is 45.0 Å². The summed E-state index contributed by atoms with van der Waals surface area (Å²) in [4.78, 5) is 18.8. The number of fused-ring (bicyclic) bond motifs is 1. The number of likely N-dealkylation sites (tertiary alicyclic amines) is 1. The number of nitrogens with one attached hydrogen (secondary N) is 1. The first-order chi connectivity index (χ1) is 11.2. The van der Waals surface area contributed by atoms with E-state index in [9.17, 15) is 4.79 Å². The molecule has 0 radical (unpaired) electrons. The Labute approximate surface area is 135 Å². The summed E-state index contributed by atoms with van der Waals surface area (Å²) in [5.41, 5.74) is 1.84. The zero-order valence-corrected chi connectivity index (χ0v) is 13.5. The molecule has 1 atom stereocenters.